The van der Waals surface area contributed by atoms with Crippen molar-refractivity contribution in [3.63, 3.8) is 0 Å². The SMILES string of the molecule is CCOC1=C(OCC)C(CCC(=O)OC)c2cccc(OCC)c21. The molecular weight excluding hydrogens is 308 g/mol. The molecule has 0 radical (unpaired) electrons. The second kappa shape index (κ2) is 8.62. The fourth-order valence-electron chi connectivity index (χ4n) is 3.04. The Bertz CT molecular complexity index is 606. The van der Waals surface area contributed by atoms with Crippen LogP contribution in [0.25, 0.3) is 5.76 Å². The third-order valence-electron chi connectivity index (χ3n) is 3.95. The van der Waals surface area contributed by atoms with Gasteiger partial charge in [-0.05, 0) is 38.8 Å². The number of rotatable bonds is 9. The van der Waals surface area contributed by atoms with Crippen LogP contribution < -0.4 is 4.74 Å². The van der Waals surface area contributed by atoms with Crippen molar-refractivity contribution in [1.82, 2.24) is 0 Å². The summed E-state index contributed by atoms with van der Waals surface area (Å²) in [5.74, 6) is 2.05. The summed E-state index contributed by atoms with van der Waals surface area (Å²) in [5, 5.41) is 0. The van der Waals surface area contributed by atoms with Gasteiger partial charge in [0.1, 0.15) is 11.5 Å². The van der Waals surface area contributed by atoms with Crippen LogP contribution in [0.2, 0.25) is 0 Å². The fraction of sp³-hybridized carbons (Fsp3) is 0.526. The minimum Gasteiger partial charge on any atom is -0.494 e. The molecule has 0 spiro atoms. The number of fused-ring (bicyclic) bond motifs is 1. The zero-order chi connectivity index (χ0) is 17.5. The highest BCUT2D eigenvalue weighted by atomic mass is 16.5. The summed E-state index contributed by atoms with van der Waals surface area (Å²) in [4.78, 5) is 11.6. The maximum absolute atomic E-state index is 11.6. The van der Waals surface area contributed by atoms with Gasteiger partial charge in [-0.1, -0.05) is 12.1 Å². The number of methoxy groups -OCH3 is 1. The predicted molar refractivity (Wildman–Crippen MR) is 91.8 cm³/mol. The molecule has 0 amide bonds. The molecule has 1 aliphatic rings. The van der Waals surface area contributed by atoms with E-state index in [4.69, 9.17) is 18.9 Å². The topological polar surface area (TPSA) is 54.0 Å². The van der Waals surface area contributed by atoms with Gasteiger partial charge in [0, 0.05) is 12.3 Å². The van der Waals surface area contributed by atoms with E-state index in [0.29, 0.717) is 32.7 Å². The molecule has 5 heteroatoms. The Morgan fingerprint density at radius 1 is 1.04 bits per heavy atom. The van der Waals surface area contributed by atoms with E-state index in [9.17, 15) is 4.79 Å². The first-order chi connectivity index (χ1) is 11.7. The number of hydrogen-bond acceptors (Lipinski definition) is 5. The van der Waals surface area contributed by atoms with Gasteiger partial charge in [0.25, 0.3) is 0 Å². The first kappa shape index (κ1) is 18.2. The van der Waals surface area contributed by atoms with Gasteiger partial charge in [-0.25, -0.2) is 0 Å². The molecule has 0 aromatic heterocycles. The maximum atomic E-state index is 11.6. The lowest BCUT2D eigenvalue weighted by Crippen LogP contribution is -2.08. The van der Waals surface area contributed by atoms with Gasteiger partial charge in [0.2, 0.25) is 0 Å². The van der Waals surface area contributed by atoms with Crippen LogP contribution >= 0.6 is 0 Å². The number of hydrogen-bond donors (Lipinski definition) is 0. The van der Waals surface area contributed by atoms with Crippen LogP contribution in [0.3, 0.4) is 0 Å². The lowest BCUT2D eigenvalue weighted by Gasteiger charge is -2.16. The van der Waals surface area contributed by atoms with Crippen LogP contribution in [0.4, 0.5) is 0 Å². The molecule has 0 saturated heterocycles. The quantitative estimate of drug-likeness (QED) is 0.642. The molecule has 1 unspecified atom stereocenters. The highest BCUT2D eigenvalue weighted by Gasteiger charge is 2.36. The Morgan fingerprint density at radius 3 is 2.38 bits per heavy atom. The van der Waals surface area contributed by atoms with E-state index >= 15 is 0 Å². The minimum absolute atomic E-state index is 0.0268. The summed E-state index contributed by atoms with van der Waals surface area (Å²) in [6.07, 6.45) is 0.941. The van der Waals surface area contributed by atoms with Crippen molar-refractivity contribution in [2.24, 2.45) is 0 Å². The van der Waals surface area contributed by atoms with Gasteiger partial charge in [-0.15, -0.1) is 0 Å². The predicted octanol–water partition coefficient (Wildman–Crippen LogP) is 3.88. The highest BCUT2D eigenvalue weighted by Crippen LogP contribution is 2.48. The molecule has 0 heterocycles. The summed E-state index contributed by atoms with van der Waals surface area (Å²) in [6.45, 7) is 7.50. The third kappa shape index (κ3) is 3.66. The van der Waals surface area contributed by atoms with E-state index in [1.165, 1.54) is 7.11 Å². The van der Waals surface area contributed by atoms with Crippen LogP contribution in [0.5, 0.6) is 5.75 Å². The molecule has 5 nitrogen and oxygen atoms in total. The molecule has 0 aliphatic heterocycles. The van der Waals surface area contributed by atoms with E-state index in [1.54, 1.807) is 0 Å². The Morgan fingerprint density at radius 2 is 1.75 bits per heavy atom. The molecule has 1 atom stereocenters. The van der Waals surface area contributed by atoms with E-state index in [2.05, 4.69) is 0 Å². The van der Waals surface area contributed by atoms with Crippen LogP contribution in [0.1, 0.15) is 50.7 Å². The summed E-state index contributed by atoms with van der Waals surface area (Å²) in [5.41, 5.74) is 2.02. The summed E-state index contributed by atoms with van der Waals surface area (Å²) in [6, 6.07) is 5.95. The molecule has 2 rings (SSSR count). The molecule has 1 aromatic carbocycles. The molecule has 0 N–H and O–H groups in total. The second-order valence-electron chi connectivity index (χ2n) is 5.38. The van der Waals surface area contributed by atoms with E-state index in [0.717, 1.165) is 28.4 Å². The van der Waals surface area contributed by atoms with Gasteiger partial charge in [-0.2, -0.15) is 0 Å². The number of carbonyl (C=O) groups excluding carboxylic acids is 1. The number of carbonyl (C=O) groups is 1. The number of ether oxygens (including phenoxy) is 4. The molecule has 0 saturated carbocycles. The summed E-state index contributed by atoms with van der Waals surface area (Å²) < 4.78 is 22.4. The normalized spacial score (nSPS) is 15.9. The lowest BCUT2D eigenvalue weighted by molar-refractivity contribution is -0.140. The molecule has 24 heavy (non-hydrogen) atoms. The zero-order valence-corrected chi connectivity index (χ0v) is 14.9. The average molecular weight is 334 g/mol. The molecular formula is C19H26O5. The molecule has 0 bridgehead atoms. The monoisotopic (exact) mass is 334 g/mol. The van der Waals surface area contributed by atoms with Crippen LogP contribution in [-0.2, 0) is 19.0 Å². The minimum atomic E-state index is -0.224. The van der Waals surface area contributed by atoms with Crippen LogP contribution in [-0.4, -0.2) is 32.9 Å². The van der Waals surface area contributed by atoms with Gasteiger partial charge in [0.15, 0.2) is 5.76 Å². The highest BCUT2D eigenvalue weighted by molar-refractivity contribution is 5.78. The molecule has 1 aliphatic carbocycles. The van der Waals surface area contributed by atoms with E-state index < -0.39 is 0 Å². The standard InChI is InChI=1S/C19H26O5/c1-5-22-15-10-8-9-13-14(11-12-16(20)21-4)18(23-6-2)19(17(13)15)24-7-3/h8-10,14H,5-7,11-12H2,1-4H3. The van der Waals surface area contributed by atoms with Crippen molar-refractivity contribution in [3.05, 3.63) is 35.1 Å². The molecule has 132 valence electrons. The Hall–Kier alpha value is -2.17. The van der Waals surface area contributed by atoms with Gasteiger partial charge < -0.3 is 18.9 Å². The molecule has 0 fully saturated rings. The Balaban J connectivity index is 2.46. The van der Waals surface area contributed by atoms with Gasteiger partial charge >= 0.3 is 5.97 Å². The van der Waals surface area contributed by atoms with Crippen LogP contribution in [0.15, 0.2) is 24.0 Å². The zero-order valence-electron chi connectivity index (χ0n) is 14.9. The number of esters is 1. The van der Waals surface area contributed by atoms with Crippen molar-refractivity contribution in [2.45, 2.75) is 39.5 Å². The Kier molecular flexibility index (Phi) is 6.53. The first-order valence-electron chi connectivity index (χ1n) is 8.50. The second-order valence-corrected chi connectivity index (χ2v) is 5.38. The largest absolute Gasteiger partial charge is 0.494 e. The maximum Gasteiger partial charge on any atom is 0.305 e. The summed E-state index contributed by atoms with van der Waals surface area (Å²) in [7, 11) is 1.41. The van der Waals surface area contributed by atoms with Gasteiger partial charge in [-0.3, -0.25) is 4.79 Å². The van der Waals surface area contributed by atoms with Crippen LogP contribution in [0, 0.1) is 0 Å². The first-order valence-corrected chi connectivity index (χ1v) is 8.50. The van der Waals surface area contributed by atoms with Crippen molar-refractivity contribution < 1.29 is 23.7 Å². The molecule has 1 aromatic rings. The smallest absolute Gasteiger partial charge is 0.305 e. The summed E-state index contributed by atoms with van der Waals surface area (Å²) >= 11 is 0. The number of benzene rings is 1. The lowest BCUT2D eigenvalue weighted by atomic mass is 9.94. The van der Waals surface area contributed by atoms with Crippen molar-refractivity contribution in [3.8, 4) is 5.75 Å². The third-order valence-corrected chi connectivity index (χ3v) is 3.95. The van der Waals surface area contributed by atoms with Gasteiger partial charge in [0.05, 0.1) is 32.5 Å². The van der Waals surface area contributed by atoms with Crippen molar-refractivity contribution >= 4 is 11.7 Å². The average Bonchev–Trinajstić information content (AvgIpc) is 2.88. The van der Waals surface area contributed by atoms with E-state index in [-0.39, 0.29) is 11.9 Å². The van der Waals surface area contributed by atoms with Crippen molar-refractivity contribution in [2.75, 3.05) is 26.9 Å². The van der Waals surface area contributed by atoms with E-state index in [1.807, 2.05) is 39.0 Å². The number of allylic oxidation sites excluding steroid dienone is 1. The van der Waals surface area contributed by atoms with Crippen molar-refractivity contribution in [1.29, 1.82) is 0 Å². The Labute approximate surface area is 143 Å². The fourth-order valence-corrected chi connectivity index (χ4v) is 3.04.